The average molecular weight is 231 g/mol. The standard InChI is InChI=1S/C13H17N3O/c1-10-4-7-15-12(11(10)8-14)16-9-13(17)5-2-3-6-13/h4,7,17H,2-3,5-6,9H2,1H3,(H,15,16). The number of nitrogens with zero attached hydrogens (tertiary/aromatic N) is 2. The van der Waals surface area contributed by atoms with Crippen molar-refractivity contribution in [2.24, 2.45) is 0 Å². The Morgan fingerprint density at radius 1 is 1.53 bits per heavy atom. The third kappa shape index (κ3) is 2.56. The molecule has 0 aromatic carbocycles. The second kappa shape index (κ2) is 4.72. The molecular weight excluding hydrogens is 214 g/mol. The molecule has 1 aromatic heterocycles. The van der Waals surface area contributed by atoms with Gasteiger partial charge in [-0.05, 0) is 31.4 Å². The SMILES string of the molecule is Cc1ccnc(NCC2(O)CCCC2)c1C#N. The van der Waals surface area contributed by atoms with Crippen LogP contribution >= 0.6 is 0 Å². The number of hydrogen-bond acceptors (Lipinski definition) is 4. The molecule has 0 unspecified atom stereocenters. The molecule has 1 heterocycles. The van der Waals surface area contributed by atoms with Crippen LogP contribution in [0.25, 0.3) is 0 Å². The summed E-state index contributed by atoms with van der Waals surface area (Å²) in [6.45, 7) is 2.35. The van der Waals surface area contributed by atoms with Crippen molar-refractivity contribution in [2.45, 2.75) is 38.2 Å². The van der Waals surface area contributed by atoms with Gasteiger partial charge < -0.3 is 10.4 Å². The summed E-state index contributed by atoms with van der Waals surface area (Å²) in [6.07, 6.45) is 5.48. The molecule has 0 radical (unpaired) electrons. The number of aryl methyl sites for hydroxylation is 1. The fourth-order valence-electron chi connectivity index (χ4n) is 2.29. The normalized spacial score (nSPS) is 17.7. The van der Waals surface area contributed by atoms with E-state index in [1.54, 1.807) is 6.20 Å². The van der Waals surface area contributed by atoms with Crippen LogP contribution in [0, 0.1) is 18.3 Å². The van der Waals surface area contributed by atoms with Crippen molar-refractivity contribution in [2.75, 3.05) is 11.9 Å². The summed E-state index contributed by atoms with van der Waals surface area (Å²) >= 11 is 0. The van der Waals surface area contributed by atoms with E-state index in [0.29, 0.717) is 17.9 Å². The lowest BCUT2D eigenvalue weighted by Gasteiger charge is -2.23. The number of nitriles is 1. The lowest BCUT2D eigenvalue weighted by Crippen LogP contribution is -2.33. The Morgan fingerprint density at radius 3 is 2.88 bits per heavy atom. The Morgan fingerprint density at radius 2 is 2.24 bits per heavy atom. The fraction of sp³-hybridized carbons (Fsp3) is 0.538. The molecule has 1 aliphatic rings. The molecule has 0 spiro atoms. The van der Waals surface area contributed by atoms with Gasteiger partial charge in [0.15, 0.2) is 0 Å². The van der Waals surface area contributed by atoms with Crippen LogP contribution in [0.5, 0.6) is 0 Å². The van der Waals surface area contributed by atoms with Crippen LogP contribution in [-0.2, 0) is 0 Å². The minimum atomic E-state index is -0.627. The highest BCUT2D eigenvalue weighted by Crippen LogP contribution is 2.29. The van der Waals surface area contributed by atoms with Crippen LogP contribution in [0.2, 0.25) is 0 Å². The van der Waals surface area contributed by atoms with Gasteiger partial charge in [0.2, 0.25) is 0 Å². The molecule has 1 saturated carbocycles. The lowest BCUT2D eigenvalue weighted by atomic mass is 10.0. The highest BCUT2D eigenvalue weighted by Gasteiger charge is 2.31. The topological polar surface area (TPSA) is 68.9 Å². The molecule has 0 amide bonds. The van der Waals surface area contributed by atoms with E-state index >= 15 is 0 Å². The van der Waals surface area contributed by atoms with Crippen LogP contribution < -0.4 is 5.32 Å². The second-order valence-electron chi connectivity index (χ2n) is 4.75. The van der Waals surface area contributed by atoms with Gasteiger partial charge in [0, 0.05) is 12.7 Å². The van der Waals surface area contributed by atoms with E-state index in [1.807, 2.05) is 13.0 Å². The molecule has 0 atom stereocenters. The van der Waals surface area contributed by atoms with Gasteiger partial charge in [-0.2, -0.15) is 5.26 Å². The van der Waals surface area contributed by atoms with Crippen LogP contribution in [0.4, 0.5) is 5.82 Å². The third-order valence-corrected chi connectivity index (χ3v) is 3.39. The summed E-state index contributed by atoms with van der Waals surface area (Å²) in [4.78, 5) is 4.16. The van der Waals surface area contributed by atoms with Gasteiger partial charge in [0.25, 0.3) is 0 Å². The highest BCUT2D eigenvalue weighted by molar-refractivity contribution is 5.55. The largest absolute Gasteiger partial charge is 0.388 e. The first kappa shape index (κ1) is 11.9. The highest BCUT2D eigenvalue weighted by atomic mass is 16.3. The summed E-state index contributed by atoms with van der Waals surface area (Å²) in [6, 6.07) is 3.96. The molecule has 4 heteroatoms. The van der Waals surface area contributed by atoms with Crippen molar-refractivity contribution in [1.82, 2.24) is 4.98 Å². The predicted molar refractivity (Wildman–Crippen MR) is 65.6 cm³/mol. The summed E-state index contributed by atoms with van der Waals surface area (Å²) in [7, 11) is 0. The van der Waals surface area contributed by atoms with Gasteiger partial charge in [-0.15, -0.1) is 0 Å². The Kier molecular flexibility index (Phi) is 3.30. The molecule has 4 nitrogen and oxygen atoms in total. The number of hydrogen-bond donors (Lipinski definition) is 2. The zero-order chi connectivity index (χ0) is 12.3. The maximum atomic E-state index is 10.2. The number of aliphatic hydroxyl groups is 1. The zero-order valence-corrected chi connectivity index (χ0v) is 10.0. The van der Waals surface area contributed by atoms with E-state index in [-0.39, 0.29) is 0 Å². The number of anilines is 1. The van der Waals surface area contributed by atoms with Crippen molar-refractivity contribution >= 4 is 5.82 Å². The van der Waals surface area contributed by atoms with Gasteiger partial charge in [0.1, 0.15) is 11.9 Å². The van der Waals surface area contributed by atoms with Crippen LogP contribution in [0.1, 0.15) is 36.8 Å². The second-order valence-corrected chi connectivity index (χ2v) is 4.75. The van der Waals surface area contributed by atoms with Gasteiger partial charge in [0.05, 0.1) is 11.2 Å². The number of nitrogens with one attached hydrogen (secondary N) is 1. The van der Waals surface area contributed by atoms with Crippen LogP contribution in [0.3, 0.4) is 0 Å². The Hall–Kier alpha value is -1.60. The minimum Gasteiger partial charge on any atom is -0.388 e. The Labute approximate surface area is 101 Å². The molecule has 0 aliphatic heterocycles. The molecule has 1 aromatic rings. The maximum absolute atomic E-state index is 10.2. The van der Waals surface area contributed by atoms with E-state index in [2.05, 4.69) is 16.4 Å². The average Bonchev–Trinajstić information content (AvgIpc) is 2.74. The van der Waals surface area contributed by atoms with E-state index in [9.17, 15) is 5.11 Å². The van der Waals surface area contributed by atoms with Gasteiger partial charge in [-0.25, -0.2) is 4.98 Å². The van der Waals surface area contributed by atoms with Crippen molar-refractivity contribution in [1.29, 1.82) is 5.26 Å². The zero-order valence-electron chi connectivity index (χ0n) is 10.0. The van der Waals surface area contributed by atoms with E-state index in [4.69, 9.17) is 5.26 Å². The van der Waals surface area contributed by atoms with Gasteiger partial charge >= 0.3 is 0 Å². The fourth-order valence-corrected chi connectivity index (χ4v) is 2.29. The first-order valence-electron chi connectivity index (χ1n) is 5.97. The van der Waals surface area contributed by atoms with Crippen LogP contribution in [-0.4, -0.2) is 22.2 Å². The third-order valence-electron chi connectivity index (χ3n) is 3.39. The van der Waals surface area contributed by atoms with Crippen molar-refractivity contribution in [3.8, 4) is 6.07 Å². The number of pyridine rings is 1. The number of aromatic nitrogens is 1. The van der Waals surface area contributed by atoms with E-state index in [1.165, 1.54) is 0 Å². The Bertz CT molecular complexity index is 444. The summed E-state index contributed by atoms with van der Waals surface area (Å²) in [5.74, 6) is 0.577. The van der Waals surface area contributed by atoms with Crippen molar-refractivity contribution < 1.29 is 5.11 Å². The summed E-state index contributed by atoms with van der Waals surface area (Å²) < 4.78 is 0. The molecule has 90 valence electrons. The van der Waals surface area contributed by atoms with Crippen molar-refractivity contribution in [3.05, 3.63) is 23.4 Å². The van der Waals surface area contributed by atoms with Crippen LogP contribution in [0.15, 0.2) is 12.3 Å². The minimum absolute atomic E-state index is 0.470. The van der Waals surface area contributed by atoms with Gasteiger partial charge in [-0.3, -0.25) is 0 Å². The summed E-state index contributed by atoms with van der Waals surface area (Å²) in [5, 5.41) is 22.4. The first-order valence-corrected chi connectivity index (χ1v) is 5.97. The molecule has 1 fully saturated rings. The van der Waals surface area contributed by atoms with E-state index in [0.717, 1.165) is 31.2 Å². The monoisotopic (exact) mass is 231 g/mol. The van der Waals surface area contributed by atoms with Crippen molar-refractivity contribution in [3.63, 3.8) is 0 Å². The van der Waals surface area contributed by atoms with E-state index < -0.39 is 5.60 Å². The van der Waals surface area contributed by atoms with Gasteiger partial charge in [-0.1, -0.05) is 12.8 Å². The lowest BCUT2D eigenvalue weighted by molar-refractivity contribution is 0.0614. The molecular formula is C13H17N3O. The molecule has 2 rings (SSSR count). The maximum Gasteiger partial charge on any atom is 0.144 e. The molecule has 17 heavy (non-hydrogen) atoms. The predicted octanol–water partition coefficient (Wildman–Crippen LogP) is 1.98. The Balaban J connectivity index is 2.09. The molecule has 1 aliphatic carbocycles. The summed E-state index contributed by atoms with van der Waals surface area (Å²) in [5.41, 5.74) is 0.843. The quantitative estimate of drug-likeness (QED) is 0.834. The smallest absolute Gasteiger partial charge is 0.144 e. The molecule has 0 saturated heterocycles. The molecule has 2 N–H and O–H groups in total. The number of rotatable bonds is 3. The first-order chi connectivity index (χ1) is 8.14. The molecule has 0 bridgehead atoms.